The van der Waals surface area contributed by atoms with Crippen LogP contribution in [-0.4, -0.2) is 30.1 Å². The molecule has 0 aliphatic carbocycles. The highest BCUT2D eigenvalue weighted by Gasteiger charge is 2.16. The molecule has 0 aliphatic heterocycles. The standard InChI is InChI=1S/C21H24BrN3O4/c1-21(2,3)29-20(28)23-13-19(27)25-16-9-6-8-15(12-16)24-18(26)11-14-7-4-5-10-17(14)22/h4-10,12H,11,13H2,1-3H3,(H,23,28)(H,24,26)(H,25,27). The number of anilines is 2. The number of hydrogen-bond acceptors (Lipinski definition) is 4. The number of carbonyl (C=O) groups excluding carboxylic acids is 3. The summed E-state index contributed by atoms with van der Waals surface area (Å²) in [7, 11) is 0. The number of ether oxygens (including phenoxy) is 1. The van der Waals surface area contributed by atoms with E-state index >= 15 is 0 Å². The van der Waals surface area contributed by atoms with Crippen LogP contribution in [0.25, 0.3) is 0 Å². The Morgan fingerprint density at radius 2 is 1.55 bits per heavy atom. The van der Waals surface area contributed by atoms with Gasteiger partial charge in [-0.3, -0.25) is 9.59 Å². The van der Waals surface area contributed by atoms with Crippen LogP contribution in [0.1, 0.15) is 26.3 Å². The zero-order valence-corrected chi connectivity index (χ0v) is 18.1. The van der Waals surface area contributed by atoms with Crippen LogP contribution in [0.2, 0.25) is 0 Å². The number of halogens is 1. The third kappa shape index (κ3) is 8.35. The van der Waals surface area contributed by atoms with Crippen molar-refractivity contribution >= 4 is 45.2 Å². The van der Waals surface area contributed by atoms with Crippen molar-refractivity contribution in [3.05, 3.63) is 58.6 Å². The van der Waals surface area contributed by atoms with Crippen LogP contribution in [-0.2, 0) is 20.7 Å². The number of hydrogen-bond donors (Lipinski definition) is 3. The van der Waals surface area contributed by atoms with Crippen LogP contribution in [0.3, 0.4) is 0 Å². The van der Waals surface area contributed by atoms with Gasteiger partial charge in [-0.05, 0) is 50.6 Å². The van der Waals surface area contributed by atoms with Crippen LogP contribution in [0, 0.1) is 0 Å². The lowest BCUT2D eigenvalue weighted by molar-refractivity contribution is -0.116. The minimum Gasteiger partial charge on any atom is -0.444 e. The summed E-state index contributed by atoms with van der Waals surface area (Å²) in [5.74, 6) is -0.584. The first-order valence-corrected chi connectivity index (χ1v) is 9.82. The van der Waals surface area contributed by atoms with Gasteiger partial charge in [0.2, 0.25) is 11.8 Å². The van der Waals surface area contributed by atoms with Crippen LogP contribution >= 0.6 is 15.9 Å². The van der Waals surface area contributed by atoms with E-state index in [1.54, 1.807) is 45.0 Å². The van der Waals surface area contributed by atoms with Gasteiger partial charge in [-0.1, -0.05) is 40.2 Å². The average Bonchev–Trinajstić information content (AvgIpc) is 2.61. The van der Waals surface area contributed by atoms with Gasteiger partial charge in [0.25, 0.3) is 0 Å². The maximum Gasteiger partial charge on any atom is 0.408 e. The van der Waals surface area contributed by atoms with Crippen molar-refractivity contribution in [2.24, 2.45) is 0 Å². The molecule has 0 fully saturated rings. The summed E-state index contributed by atoms with van der Waals surface area (Å²) in [6.45, 7) is 4.99. The molecule has 0 aliphatic rings. The molecular formula is C21H24BrN3O4. The van der Waals surface area contributed by atoms with Gasteiger partial charge < -0.3 is 20.7 Å². The van der Waals surface area contributed by atoms with Crippen molar-refractivity contribution in [3.63, 3.8) is 0 Å². The zero-order valence-electron chi connectivity index (χ0n) is 16.5. The second-order valence-electron chi connectivity index (χ2n) is 7.30. The highest BCUT2D eigenvalue weighted by molar-refractivity contribution is 9.10. The molecule has 0 saturated carbocycles. The van der Waals surface area contributed by atoms with Gasteiger partial charge >= 0.3 is 6.09 Å². The lowest BCUT2D eigenvalue weighted by atomic mass is 10.1. The number of carbonyl (C=O) groups is 3. The Balaban J connectivity index is 1.87. The fourth-order valence-electron chi connectivity index (χ4n) is 2.37. The zero-order chi connectivity index (χ0) is 21.4. The molecule has 29 heavy (non-hydrogen) atoms. The van der Waals surface area contributed by atoms with E-state index in [1.165, 1.54) is 0 Å². The Kier molecular flexibility index (Phi) is 7.78. The average molecular weight is 462 g/mol. The van der Waals surface area contributed by atoms with E-state index in [0.29, 0.717) is 11.4 Å². The second kappa shape index (κ2) is 10.1. The third-order valence-electron chi connectivity index (χ3n) is 3.53. The van der Waals surface area contributed by atoms with Crippen molar-refractivity contribution in [2.75, 3.05) is 17.2 Å². The molecule has 0 atom stereocenters. The first-order chi connectivity index (χ1) is 13.6. The van der Waals surface area contributed by atoms with E-state index in [4.69, 9.17) is 4.74 Å². The lowest BCUT2D eigenvalue weighted by Crippen LogP contribution is -2.37. The van der Waals surface area contributed by atoms with Crippen LogP contribution in [0.15, 0.2) is 53.0 Å². The van der Waals surface area contributed by atoms with Gasteiger partial charge in [-0.2, -0.15) is 0 Å². The molecule has 7 nitrogen and oxygen atoms in total. The van der Waals surface area contributed by atoms with Crippen molar-refractivity contribution in [3.8, 4) is 0 Å². The van der Waals surface area contributed by atoms with E-state index in [-0.39, 0.29) is 18.9 Å². The summed E-state index contributed by atoms with van der Waals surface area (Å²) < 4.78 is 5.95. The Bertz CT molecular complexity index is 893. The predicted octanol–water partition coefficient (Wildman–Crippen LogP) is 4.09. The van der Waals surface area contributed by atoms with Gasteiger partial charge in [0.15, 0.2) is 0 Å². The molecule has 0 aromatic heterocycles. The smallest absolute Gasteiger partial charge is 0.408 e. The Labute approximate surface area is 178 Å². The van der Waals surface area contributed by atoms with Gasteiger partial charge in [-0.15, -0.1) is 0 Å². The predicted molar refractivity (Wildman–Crippen MR) is 116 cm³/mol. The second-order valence-corrected chi connectivity index (χ2v) is 8.16. The fraction of sp³-hybridized carbons (Fsp3) is 0.286. The summed E-state index contributed by atoms with van der Waals surface area (Å²) in [6, 6.07) is 14.3. The topological polar surface area (TPSA) is 96.5 Å². The third-order valence-corrected chi connectivity index (χ3v) is 4.30. The van der Waals surface area contributed by atoms with Gasteiger partial charge in [-0.25, -0.2) is 4.79 Å². The number of rotatable bonds is 6. The quantitative estimate of drug-likeness (QED) is 0.603. The lowest BCUT2D eigenvalue weighted by Gasteiger charge is -2.19. The highest BCUT2D eigenvalue weighted by Crippen LogP contribution is 2.18. The van der Waals surface area contributed by atoms with Crippen molar-refractivity contribution in [1.29, 1.82) is 0 Å². The molecule has 154 valence electrons. The Morgan fingerprint density at radius 1 is 0.931 bits per heavy atom. The van der Waals surface area contributed by atoms with E-state index in [1.807, 2.05) is 24.3 Å². The van der Waals surface area contributed by atoms with E-state index in [0.717, 1.165) is 10.0 Å². The van der Waals surface area contributed by atoms with Gasteiger partial charge in [0.05, 0.1) is 6.42 Å². The van der Waals surface area contributed by atoms with E-state index in [9.17, 15) is 14.4 Å². The molecule has 3 amide bonds. The summed E-state index contributed by atoms with van der Waals surface area (Å²) >= 11 is 3.42. The van der Waals surface area contributed by atoms with Crippen LogP contribution < -0.4 is 16.0 Å². The Morgan fingerprint density at radius 3 is 2.17 bits per heavy atom. The summed E-state index contributed by atoms with van der Waals surface area (Å²) in [4.78, 5) is 35.9. The minimum absolute atomic E-state index is 0.174. The van der Waals surface area contributed by atoms with E-state index in [2.05, 4.69) is 31.9 Å². The normalized spacial score (nSPS) is 10.8. The van der Waals surface area contributed by atoms with Crippen LogP contribution in [0.4, 0.5) is 16.2 Å². The SMILES string of the molecule is CC(C)(C)OC(=O)NCC(=O)Nc1cccc(NC(=O)Cc2ccccc2Br)c1. The maximum absolute atomic E-state index is 12.3. The van der Waals surface area contributed by atoms with Gasteiger partial charge in [0, 0.05) is 15.8 Å². The largest absolute Gasteiger partial charge is 0.444 e. The molecule has 0 radical (unpaired) electrons. The van der Waals surface area contributed by atoms with Crippen molar-refractivity contribution in [2.45, 2.75) is 32.8 Å². The number of nitrogens with one attached hydrogen (secondary N) is 3. The molecule has 2 rings (SSSR count). The van der Waals surface area contributed by atoms with Gasteiger partial charge in [0.1, 0.15) is 12.1 Å². The molecule has 8 heteroatoms. The number of amides is 3. The molecule has 0 bridgehead atoms. The monoisotopic (exact) mass is 461 g/mol. The maximum atomic E-state index is 12.3. The van der Waals surface area contributed by atoms with Crippen LogP contribution in [0.5, 0.6) is 0 Å². The summed E-state index contributed by atoms with van der Waals surface area (Å²) in [5.41, 5.74) is 1.30. The molecular weight excluding hydrogens is 438 g/mol. The number of alkyl carbamates (subject to hydrolysis) is 1. The molecule has 0 saturated heterocycles. The summed E-state index contributed by atoms with van der Waals surface area (Å²) in [6.07, 6.45) is -0.446. The molecule has 2 aromatic carbocycles. The molecule has 0 spiro atoms. The highest BCUT2D eigenvalue weighted by atomic mass is 79.9. The van der Waals surface area contributed by atoms with Crippen molar-refractivity contribution in [1.82, 2.24) is 5.32 Å². The molecule has 2 aromatic rings. The summed E-state index contributed by atoms with van der Waals surface area (Å²) in [5, 5.41) is 7.86. The minimum atomic E-state index is -0.666. The first kappa shape index (κ1) is 22.4. The molecule has 3 N–H and O–H groups in total. The fourth-order valence-corrected chi connectivity index (χ4v) is 2.79. The Hall–Kier alpha value is -2.87. The molecule has 0 unspecified atom stereocenters. The van der Waals surface area contributed by atoms with E-state index < -0.39 is 17.6 Å². The first-order valence-electron chi connectivity index (χ1n) is 9.02. The van der Waals surface area contributed by atoms with Crippen molar-refractivity contribution < 1.29 is 19.1 Å². The number of benzene rings is 2. The molecule has 0 heterocycles.